The van der Waals surface area contributed by atoms with E-state index in [-0.39, 0.29) is 30.0 Å². The standard InChI is InChI=1S/C18H32O5/c1-12(7-9-16(20)21)10-14(3)15(19)8-6-13(2)11-18(4,5)17(22)23/h12-14H,6-11H2,1-5H3,(H,20,21)(H,22,23). The number of aliphatic carboxylic acids is 2. The van der Waals surface area contributed by atoms with E-state index < -0.39 is 17.4 Å². The molecule has 23 heavy (non-hydrogen) atoms. The smallest absolute Gasteiger partial charge is 0.309 e. The number of carboxylic acids is 2. The van der Waals surface area contributed by atoms with Gasteiger partial charge in [-0.15, -0.1) is 0 Å². The van der Waals surface area contributed by atoms with E-state index >= 15 is 0 Å². The monoisotopic (exact) mass is 328 g/mol. The Bertz CT molecular complexity index is 414. The Balaban J connectivity index is 4.18. The largest absolute Gasteiger partial charge is 0.481 e. The third-order valence-corrected chi connectivity index (χ3v) is 4.48. The maximum atomic E-state index is 12.2. The second kappa shape index (κ2) is 9.68. The van der Waals surface area contributed by atoms with Crippen molar-refractivity contribution in [1.82, 2.24) is 0 Å². The Hall–Kier alpha value is -1.39. The van der Waals surface area contributed by atoms with Crippen molar-refractivity contribution in [2.75, 3.05) is 0 Å². The van der Waals surface area contributed by atoms with Gasteiger partial charge in [0.1, 0.15) is 5.78 Å². The zero-order valence-corrected chi connectivity index (χ0v) is 15.1. The number of rotatable bonds is 12. The molecule has 0 bridgehead atoms. The lowest BCUT2D eigenvalue weighted by molar-refractivity contribution is -0.147. The molecule has 0 saturated carbocycles. The zero-order valence-electron chi connectivity index (χ0n) is 15.1. The summed E-state index contributed by atoms with van der Waals surface area (Å²) in [5.41, 5.74) is -0.764. The predicted octanol–water partition coefficient (Wildman–Crippen LogP) is 4.00. The van der Waals surface area contributed by atoms with E-state index in [1.807, 2.05) is 20.8 Å². The number of hydrogen-bond acceptors (Lipinski definition) is 3. The molecule has 5 heteroatoms. The van der Waals surface area contributed by atoms with Crippen molar-refractivity contribution in [3.8, 4) is 0 Å². The van der Waals surface area contributed by atoms with Crippen LogP contribution < -0.4 is 0 Å². The molecule has 0 radical (unpaired) electrons. The SMILES string of the molecule is CC(CCC(=O)O)CC(C)C(=O)CCC(C)CC(C)(C)C(=O)O. The minimum absolute atomic E-state index is 0.0709. The molecule has 0 aromatic heterocycles. The predicted molar refractivity (Wildman–Crippen MR) is 89.3 cm³/mol. The highest BCUT2D eigenvalue weighted by Crippen LogP contribution is 2.28. The summed E-state index contributed by atoms with van der Waals surface area (Å²) in [7, 11) is 0. The third-order valence-electron chi connectivity index (χ3n) is 4.48. The van der Waals surface area contributed by atoms with Gasteiger partial charge in [-0.05, 0) is 51.4 Å². The first-order valence-electron chi connectivity index (χ1n) is 8.43. The van der Waals surface area contributed by atoms with Crippen LogP contribution in [0.15, 0.2) is 0 Å². The van der Waals surface area contributed by atoms with Crippen molar-refractivity contribution in [2.24, 2.45) is 23.2 Å². The van der Waals surface area contributed by atoms with Gasteiger partial charge in [-0.1, -0.05) is 20.8 Å². The lowest BCUT2D eigenvalue weighted by Gasteiger charge is -2.23. The second-order valence-corrected chi connectivity index (χ2v) is 7.68. The van der Waals surface area contributed by atoms with Crippen LogP contribution in [0.1, 0.15) is 73.1 Å². The average Bonchev–Trinajstić information content (AvgIpc) is 2.41. The van der Waals surface area contributed by atoms with E-state index in [1.165, 1.54) is 0 Å². The number of ketones is 1. The van der Waals surface area contributed by atoms with Crippen LogP contribution in [0, 0.1) is 23.2 Å². The van der Waals surface area contributed by atoms with Crippen LogP contribution in [0.4, 0.5) is 0 Å². The highest BCUT2D eigenvalue weighted by molar-refractivity contribution is 5.80. The molecule has 0 aliphatic heterocycles. The molecule has 0 spiro atoms. The lowest BCUT2D eigenvalue weighted by Crippen LogP contribution is -2.26. The van der Waals surface area contributed by atoms with E-state index in [1.54, 1.807) is 13.8 Å². The number of carbonyl (C=O) groups is 3. The first kappa shape index (κ1) is 21.6. The minimum Gasteiger partial charge on any atom is -0.481 e. The molecule has 0 aliphatic carbocycles. The number of carbonyl (C=O) groups excluding carboxylic acids is 1. The molecule has 2 N–H and O–H groups in total. The van der Waals surface area contributed by atoms with Crippen molar-refractivity contribution >= 4 is 17.7 Å². The first-order valence-corrected chi connectivity index (χ1v) is 8.43. The van der Waals surface area contributed by atoms with Crippen molar-refractivity contribution in [3.05, 3.63) is 0 Å². The second-order valence-electron chi connectivity index (χ2n) is 7.68. The molecule has 0 heterocycles. The van der Waals surface area contributed by atoms with Gasteiger partial charge in [0.05, 0.1) is 5.41 Å². The third kappa shape index (κ3) is 9.36. The lowest BCUT2D eigenvalue weighted by atomic mass is 9.81. The zero-order chi connectivity index (χ0) is 18.2. The average molecular weight is 328 g/mol. The Kier molecular flexibility index (Phi) is 9.10. The first-order chi connectivity index (χ1) is 10.5. The van der Waals surface area contributed by atoms with Gasteiger partial charge in [0, 0.05) is 18.8 Å². The normalized spacial score (nSPS) is 15.7. The van der Waals surface area contributed by atoms with E-state index in [9.17, 15) is 14.4 Å². The maximum Gasteiger partial charge on any atom is 0.309 e. The summed E-state index contributed by atoms with van der Waals surface area (Å²) in [5, 5.41) is 17.8. The molecule has 0 aromatic carbocycles. The summed E-state index contributed by atoms with van der Waals surface area (Å²) in [5.74, 6) is -1.09. The molecule has 0 rings (SSSR count). The van der Waals surface area contributed by atoms with Gasteiger partial charge in [-0.25, -0.2) is 0 Å². The Labute approximate surface area is 139 Å². The summed E-state index contributed by atoms with van der Waals surface area (Å²) >= 11 is 0. The fraction of sp³-hybridized carbons (Fsp3) is 0.833. The highest BCUT2D eigenvalue weighted by Gasteiger charge is 2.29. The van der Waals surface area contributed by atoms with E-state index in [4.69, 9.17) is 10.2 Å². The molecule has 0 aromatic rings. The molecule has 134 valence electrons. The fourth-order valence-corrected chi connectivity index (χ4v) is 2.92. The van der Waals surface area contributed by atoms with E-state index in [0.29, 0.717) is 32.1 Å². The van der Waals surface area contributed by atoms with Crippen molar-refractivity contribution in [1.29, 1.82) is 0 Å². The van der Waals surface area contributed by atoms with Crippen LogP contribution in [0.5, 0.6) is 0 Å². The van der Waals surface area contributed by atoms with Crippen LogP contribution in [-0.4, -0.2) is 27.9 Å². The van der Waals surface area contributed by atoms with Crippen LogP contribution in [0.2, 0.25) is 0 Å². The molecule has 0 saturated heterocycles. The molecule has 3 unspecified atom stereocenters. The minimum atomic E-state index is -0.809. The molecule has 0 fully saturated rings. The van der Waals surface area contributed by atoms with Gasteiger partial charge < -0.3 is 10.2 Å². The van der Waals surface area contributed by atoms with Gasteiger partial charge in [0.15, 0.2) is 0 Å². The molecule has 5 nitrogen and oxygen atoms in total. The van der Waals surface area contributed by atoms with Gasteiger partial charge in [0.2, 0.25) is 0 Å². The summed E-state index contributed by atoms with van der Waals surface area (Å²) in [4.78, 5) is 33.9. The molecule has 3 atom stereocenters. The molecule has 0 aliphatic rings. The quantitative estimate of drug-likeness (QED) is 0.565. The molecular formula is C18H32O5. The summed E-state index contributed by atoms with van der Waals surface area (Å²) in [6, 6.07) is 0. The van der Waals surface area contributed by atoms with Crippen molar-refractivity contribution < 1.29 is 24.6 Å². The van der Waals surface area contributed by atoms with Crippen LogP contribution >= 0.6 is 0 Å². The van der Waals surface area contributed by atoms with Gasteiger partial charge >= 0.3 is 11.9 Å². The fourth-order valence-electron chi connectivity index (χ4n) is 2.92. The topological polar surface area (TPSA) is 91.7 Å². The van der Waals surface area contributed by atoms with Crippen molar-refractivity contribution in [3.63, 3.8) is 0 Å². The number of hydrogen-bond donors (Lipinski definition) is 2. The summed E-state index contributed by atoms with van der Waals surface area (Å²) in [6.07, 6.45) is 3.16. The van der Waals surface area contributed by atoms with E-state index in [2.05, 4.69) is 0 Å². The number of carboxylic acid groups (broad SMARTS) is 2. The number of Topliss-reactive ketones (excluding diaryl/α,β-unsaturated/α-hetero) is 1. The Morgan fingerprint density at radius 2 is 1.43 bits per heavy atom. The Morgan fingerprint density at radius 1 is 0.913 bits per heavy atom. The van der Waals surface area contributed by atoms with Crippen LogP contribution in [0.25, 0.3) is 0 Å². The summed E-state index contributed by atoms with van der Waals surface area (Å²) < 4.78 is 0. The summed E-state index contributed by atoms with van der Waals surface area (Å²) in [6.45, 7) is 9.27. The molecule has 0 amide bonds. The van der Waals surface area contributed by atoms with Crippen molar-refractivity contribution in [2.45, 2.75) is 73.1 Å². The van der Waals surface area contributed by atoms with Gasteiger partial charge in [-0.3, -0.25) is 14.4 Å². The van der Waals surface area contributed by atoms with Gasteiger partial charge in [0.25, 0.3) is 0 Å². The van der Waals surface area contributed by atoms with Crippen LogP contribution in [-0.2, 0) is 14.4 Å². The van der Waals surface area contributed by atoms with E-state index in [0.717, 1.165) is 0 Å². The van der Waals surface area contributed by atoms with Gasteiger partial charge in [-0.2, -0.15) is 0 Å². The highest BCUT2D eigenvalue weighted by atomic mass is 16.4. The maximum absolute atomic E-state index is 12.2. The Morgan fingerprint density at radius 3 is 1.91 bits per heavy atom. The van der Waals surface area contributed by atoms with Crippen LogP contribution in [0.3, 0.4) is 0 Å². The molecular weight excluding hydrogens is 296 g/mol.